The van der Waals surface area contributed by atoms with Gasteiger partial charge in [-0.2, -0.15) is 0 Å². The molecule has 3 rings (SSSR count). The summed E-state index contributed by atoms with van der Waals surface area (Å²) in [4.78, 5) is 14.0. The SMILES string of the molecule is Cc1cccc2c1CCN2CC(=O)Nc1cc(F)ccc1F. The monoisotopic (exact) mass is 302 g/mol. The van der Waals surface area contributed by atoms with Gasteiger partial charge in [0.05, 0.1) is 12.2 Å². The molecule has 3 nitrogen and oxygen atoms in total. The molecular weight excluding hydrogens is 286 g/mol. The summed E-state index contributed by atoms with van der Waals surface area (Å²) in [5.74, 6) is -1.59. The van der Waals surface area contributed by atoms with Crippen molar-refractivity contribution < 1.29 is 13.6 Å². The third-order valence-corrected chi connectivity index (χ3v) is 3.89. The van der Waals surface area contributed by atoms with Crippen LogP contribution in [0.4, 0.5) is 20.2 Å². The first kappa shape index (κ1) is 14.5. The second-order valence-corrected chi connectivity index (χ2v) is 5.42. The molecule has 2 aromatic carbocycles. The minimum absolute atomic E-state index is 0.117. The van der Waals surface area contributed by atoms with Crippen molar-refractivity contribution in [3.8, 4) is 0 Å². The van der Waals surface area contributed by atoms with Gasteiger partial charge in [-0.25, -0.2) is 8.78 Å². The van der Waals surface area contributed by atoms with E-state index in [-0.39, 0.29) is 18.1 Å². The molecule has 0 saturated carbocycles. The van der Waals surface area contributed by atoms with Gasteiger partial charge in [0.15, 0.2) is 0 Å². The van der Waals surface area contributed by atoms with E-state index in [1.165, 1.54) is 11.1 Å². The zero-order chi connectivity index (χ0) is 15.7. The van der Waals surface area contributed by atoms with E-state index < -0.39 is 11.6 Å². The molecule has 1 aliphatic heterocycles. The van der Waals surface area contributed by atoms with Crippen LogP contribution in [0, 0.1) is 18.6 Å². The lowest BCUT2D eigenvalue weighted by Crippen LogP contribution is -2.32. The van der Waals surface area contributed by atoms with Crippen LogP contribution in [0.25, 0.3) is 0 Å². The number of rotatable bonds is 3. The number of amides is 1. The average Bonchev–Trinajstić information content (AvgIpc) is 2.87. The molecule has 0 unspecified atom stereocenters. The molecular formula is C17H16F2N2O. The van der Waals surface area contributed by atoms with Crippen LogP contribution in [-0.2, 0) is 11.2 Å². The first-order valence-corrected chi connectivity index (χ1v) is 7.13. The van der Waals surface area contributed by atoms with Crippen LogP contribution in [0.15, 0.2) is 36.4 Å². The van der Waals surface area contributed by atoms with E-state index in [1.807, 2.05) is 30.0 Å². The number of hydrogen-bond donors (Lipinski definition) is 1. The minimum atomic E-state index is -0.646. The number of hydrogen-bond acceptors (Lipinski definition) is 2. The molecule has 0 spiro atoms. The number of benzene rings is 2. The van der Waals surface area contributed by atoms with Gasteiger partial charge in [-0.05, 0) is 42.7 Å². The Hall–Kier alpha value is -2.43. The quantitative estimate of drug-likeness (QED) is 0.943. The fourth-order valence-electron chi connectivity index (χ4n) is 2.80. The zero-order valence-corrected chi connectivity index (χ0v) is 12.2. The lowest BCUT2D eigenvalue weighted by molar-refractivity contribution is -0.115. The van der Waals surface area contributed by atoms with Gasteiger partial charge < -0.3 is 10.2 Å². The standard InChI is InChI=1S/C17H16F2N2O/c1-11-3-2-4-16-13(11)7-8-21(16)10-17(22)20-15-9-12(18)5-6-14(15)19/h2-6,9H,7-8,10H2,1H3,(H,20,22). The van der Waals surface area contributed by atoms with Gasteiger partial charge >= 0.3 is 0 Å². The number of nitrogens with zero attached hydrogens (tertiary/aromatic N) is 1. The van der Waals surface area contributed by atoms with Crippen LogP contribution in [0.1, 0.15) is 11.1 Å². The number of fused-ring (bicyclic) bond motifs is 1. The van der Waals surface area contributed by atoms with Gasteiger partial charge in [0.25, 0.3) is 0 Å². The molecule has 0 fully saturated rings. The molecule has 0 atom stereocenters. The van der Waals surface area contributed by atoms with Gasteiger partial charge in [0.2, 0.25) is 5.91 Å². The van der Waals surface area contributed by atoms with Crippen LogP contribution >= 0.6 is 0 Å². The minimum Gasteiger partial charge on any atom is -0.362 e. The van der Waals surface area contributed by atoms with Gasteiger partial charge in [-0.3, -0.25) is 4.79 Å². The molecule has 5 heteroatoms. The maximum absolute atomic E-state index is 13.5. The molecule has 22 heavy (non-hydrogen) atoms. The molecule has 0 radical (unpaired) electrons. The normalized spacial score (nSPS) is 13.1. The molecule has 2 aromatic rings. The first-order valence-electron chi connectivity index (χ1n) is 7.13. The van der Waals surface area contributed by atoms with Gasteiger partial charge in [0, 0.05) is 18.3 Å². The Balaban J connectivity index is 1.72. The summed E-state index contributed by atoms with van der Waals surface area (Å²) in [7, 11) is 0. The van der Waals surface area contributed by atoms with Crippen LogP contribution in [0.3, 0.4) is 0 Å². The summed E-state index contributed by atoms with van der Waals surface area (Å²) in [6.07, 6.45) is 0.892. The van der Waals surface area contributed by atoms with E-state index in [4.69, 9.17) is 0 Å². The highest BCUT2D eigenvalue weighted by Crippen LogP contribution is 2.30. The number of carbonyl (C=O) groups is 1. The van der Waals surface area contributed by atoms with E-state index in [1.54, 1.807) is 0 Å². The molecule has 1 amide bonds. The zero-order valence-electron chi connectivity index (χ0n) is 12.2. The molecule has 1 aliphatic rings. The van der Waals surface area contributed by atoms with Crippen molar-refractivity contribution in [1.82, 2.24) is 0 Å². The van der Waals surface area contributed by atoms with Crippen LogP contribution in [-0.4, -0.2) is 19.0 Å². The Bertz CT molecular complexity index is 731. The Morgan fingerprint density at radius 1 is 1.27 bits per heavy atom. The fourth-order valence-corrected chi connectivity index (χ4v) is 2.80. The highest BCUT2D eigenvalue weighted by molar-refractivity contribution is 5.94. The highest BCUT2D eigenvalue weighted by Gasteiger charge is 2.22. The number of aryl methyl sites for hydroxylation is 1. The van der Waals surface area contributed by atoms with Crippen molar-refractivity contribution in [2.24, 2.45) is 0 Å². The van der Waals surface area contributed by atoms with Crippen molar-refractivity contribution in [1.29, 1.82) is 0 Å². The van der Waals surface area contributed by atoms with E-state index in [0.717, 1.165) is 36.9 Å². The predicted molar refractivity (Wildman–Crippen MR) is 82.1 cm³/mol. The average molecular weight is 302 g/mol. The first-order chi connectivity index (χ1) is 10.5. The maximum atomic E-state index is 13.5. The van der Waals surface area contributed by atoms with Gasteiger partial charge in [0.1, 0.15) is 11.6 Å². The number of halogens is 2. The Labute approximate surface area is 127 Å². The van der Waals surface area contributed by atoms with Crippen molar-refractivity contribution >= 4 is 17.3 Å². The van der Waals surface area contributed by atoms with Crippen molar-refractivity contribution in [2.45, 2.75) is 13.3 Å². The number of nitrogens with one attached hydrogen (secondary N) is 1. The lowest BCUT2D eigenvalue weighted by atomic mass is 10.1. The van der Waals surface area contributed by atoms with E-state index in [9.17, 15) is 13.6 Å². The summed E-state index contributed by atoms with van der Waals surface area (Å²) >= 11 is 0. The number of carbonyl (C=O) groups excluding carboxylic acids is 1. The Kier molecular flexibility index (Phi) is 3.79. The van der Waals surface area contributed by atoms with Gasteiger partial charge in [-0.1, -0.05) is 12.1 Å². The summed E-state index contributed by atoms with van der Waals surface area (Å²) in [6.45, 7) is 2.91. The molecule has 1 heterocycles. The smallest absolute Gasteiger partial charge is 0.243 e. The molecule has 0 saturated heterocycles. The Morgan fingerprint density at radius 3 is 2.91 bits per heavy atom. The fraction of sp³-hybridized carbons (Fsp3) is 0.235. The topological polar surface area (TPSA) is 32.3 Å². The lowest BCUT2D eigenvalue weighted by Gasteiger charge is -2.19. The van der Waals surface area contributed by atoms with Crippen LogP contribution < -0.4 is 10.2 Å². The largest absolute Gasteiger partial charge is 0.362 e. The predicted octanol–water partition coefficient (Wildman–Crippen LogP) is 3.27. The third-order valence-electron chi connectivity index (χ3n) is 3.89. The van der Waals surface area contributed by atoms with Gasteiger partial charge in [-0.15, -0.1) is 0 Å². The van der Waals surface area contributed by atoms with E-state index in [2.05, 4.69) is 5.32 Å². The van der Waals surface area contributed by atoms with Crippen molar-refractivity contribution in [2.75, 3.05) is 23.3 Å². The van der Waals surface area contributed by atoms with Crippen LogP contribution in [0.2, 0.25) is 0 Å². The summed E-state index contributed by atoms with van der Waals surface area (Å²) in [5, 5.41) is 2.43. The summed E-state index contributed by atoms with van der Waals surface area (Å²) in [5.41, 5.74) is 3.35. The molecule has 1 N–H and O–H groups in total. The molecule has 0 aliphatic carbocycles. The Morgan fingerprint density at radius 2 is 2.09 bits per heavy atom. The van der Waals surface area contributed by atoms with Crippen molar-refractivity contribution in [3.05, 3.63) is 59.2 Å². The second-order valence-electron chi connectivity index (χ2n) is 5.42. The summed E-state index contributed by atoms with van der Waals surface area (Å²) < 4.78 is 26.7. The van der Waals surface area contributed by atoms with E-state index >= 15 is 0 Å². The summed E-state index contributed by atoms with van der Waals surface area (Å²) in [6, 6.07) is 8.98. The second kappa shape index (κ2) is 5.75. The number of anilines is 2. The van der Waals surface area contributed by atoms with E-state index in [0.29, 0.717) is 0 Å². The maximum Gasteiger partial charge on any atom is 0.243 e. The third kappa shape index (κ3) is 2.79. The molecule has 114 valence electrons. The molecule has 0 aromatic heterocycles. The van der Waals surface area contributed by atoms with Crippen LogP contribution in [0.5, 0.6) is 0 Å². The van der Waals surface area contributed by atoms with Crippen molar-refractivity contribution in [3.63, 3.8) is 0 Å². The highest BCUT2D eigenvalue weighted by atomic mass is 19.1. The molecule has 0 bridgehead atoms.